The molecule has 0 amide bonds. The van der Waals surface area contributed by atoms with Gasteiger partial charge in [0.05, 0.1) is 4.90 Å². The van der Waals surface area contributed by atoms with Crippen LogP contribution in [-0.2, 0) is 23.0 Å². The maximum atomic E-state index is 13.6. The molecule has 0 N–H and O–H groups in total. The molecular weight excluding hydrogens is 341 g/mol. The summed E-state index contributed by atoms with van der Waals surface area (Å²) in [6, 6.07) is 9.50. The van der Waals surface area contributed by atoms with Crippen LogP contribution in [-0.4, -0.2) is 29.2 Å². The van der Waals surface area contributed by atoms with Crippen LogP contribution in [0.3, 0.4) is 0 Å². The summed E-state index contributed by atoms with van der Waals surface area (Å²) in [5.41, 5.74) is 2.93. The summed E-state index contributed by atoms with van der Waals surface area (Å²) in [4.78, 5) is 8.81. The molecule has 3 heterocycles. The Balaban J connectivity index is 1.74. The Bertz CT molecular complexity index is 1080. The molecule has 2 aromatic heterocycles. The molecule has 0 bridgehead atoms. The topological polar surface area (TPSA) is 63.2 Å². The molecule has 0 unspecified atom stereocenters. The Morgan fingerprint density at radius 2 is 2.04 bits per heavy atom. The zero-order valence-electron chi connectivity index (χ0n) is 13.6. The van der Waals surface area contributed by atoms with Gasteiger partial charge < -0.3 is 0 Å². The van der Waals surface area contributed by atoms with Crippen LogP contribution in [0, 0.1) is 12.7 Å². The molecule has 0 spiro atoms. The second-order valence-corrected chi connectivity index (χ2v) is 8.05. The molecule has 0 atom stereocenters. The average molecular weight is 357 g/mol. The normalized spacial score (nSPS) is 15.3. The van der Waals surface area contributed by atoms with Crippen molar-refractivity contribution in [3.63, 3.8) is 0 Å². The lowest BCUT2D eigenvalue weighted by Crippen LogP contribution is -2.36. The molecule has 5 nitrogen and oxygen atoms in total. The number of hydrogen-bond donors (Lipinski definition) is 0. The third kappa shape index (κ3) is 2.79. The fourth-order valence-electron chi connectivity index (χ4n) is 3.14. The minimum Gasteiger partial charge on any atom is -0.237 e. The minimum atomic E-state index is -3.76. The summed E-state index contributed by atoms with van der Waals surface area (Å²) in [5, 5.41) is 0.877. The number of benzene rings is 1. The number of aromatic nitrogens is 2. The van der Waals surface area contributed by atoms with E-state index in [9.17, 15) is 12.8 Å². The van der Waals surface area contributed by atoms with Crippen LogP contribution in [0.5, 0.6) is 0 Å². The summed E-state index contributed by atoms with van der Waals surface area (Å²) in [6.45, 7) is 2.22. The summed E-state index contributed by atoms with van der Waals surface area (Å²) >= 11 is 0. The van der Waals surface area contributed by atoms with E-state index in [1.54, 1.807) is 13.1 Å². The van der Waals surface area contributed by atoms with Crippen molar-refractivity contribution < 1.29 is 12.8 Å². The zero-order chi connectivity index (χ0) is 17.6. The summed E-state index contributed by atoms with van der Waals surface area (Å²) in [5.74, 6) is -0.555. The molecule has 4 rings (SSSR count). The van der Waals surface area contributed by atoms with E-state index in [4.69, 9.17) is 0 Å². The Labute approximate surface area is 145 Å². The Morgan fingerprint density at radius 1 is 1.20 bits per heavy atom. The summed E-state index contributed by atoms with van der Waals surface area (Å²) < 4.78 is 40.9. The van der Waals surface area contributed by atoms with Gasteiger partial charge in [-0.25, -0.2) is 22.8 Å². The number of aryl methyl sites for hydroxylation is 1. The quantitative estimate of drug-likeness (QED) is 0.707. The second-order valence-electron chi connectivity index (χ2n) is 6.14. The minimum absolute atomic E-state index is 0.0198. The highest BCUT2D eigenvalue weighted by Gasteiger charge is 2.30. The van der Waals surface area contributed by atoms with E-state index in [0.29, 0.717) is 24.2 Å². The predicted molar refractivity (Wildman–Crippen MR) is 92.0 cm³/mol. The van der Waals surface area contributed by atoms with Crippen molar-refractivity contribution in [1.82, 2.24) is 14.3 Å². The van der Waals surface area contributed by atoms with Crippen molar-refractivity contribution in [1.29, 1.82) is 0 Å². The number of nitrogens with zero attached hydrogens (tertiary/aromatic N) is 3. The monoisotopic (exact) mass is 357 g/mol. The van der Waals surface area contributed by atoms with Gasteiger partial charge in [0, 0.05) is 36.8 Å². The van der Waals surface area contributed by atoms with Gasteiger partial charge in [0.1, 0.15) is 5.82 Å². The van der Waals surface area contributed by atoms with Crippen LogP contribution in [0.4, 0.5) is 4.39 Å². The summed E-state index contributed by atoms with van der Waals surface area (Å²) in [6.07, 6.45) is 2.20. The Morgan fingerprint density at radius 3 is 2.88 bits per heavy atom. The number of rotatable bonds is 2. The largest absolute Gasteiger partial charge is 0.243 e. The standard InChI is InChI=1S/C18H16FN3O2S/c1-12-4-5-15(19)10-17(12)25(23,24)22-8-6-16-14(11-22)9-13-3-2-7-20-18(13)21-16/h2-5,7,9-10H,6,8,11H2,1H3. The van der Waals surface area contributed by atoms with Crippen LogP contribution in [0.2, 0.25) is 0 Å². The van der Waals surface area contributed by atoms with E-state index in [1.165, 1.54) is 16.4 Å². The lowest BCUT2D eigenvalue weighted by Gasteiger charge is -2.28. The molecule has 0 saturated carbocycles. The van der Waals surface area contributed by atoms with Gasteiger partial charge in [-0.2, -0.15) is 4.31 Å². The molecule has 25 heavy (non-hydrogen) atoms. The van der Waals surface area contributed by atoms with E-state index in [2.05, 4.69) is 9.97 Å². The molecule has 1 aliphatic heterocycles. The molecule has 3 aromatic rings. The first-order valence-electron chi connectivity index (χ1n) is 7.95. The zero-order valence-corrected chi connectivity index (χ0v) is 14.4. The van der Waals surface area contributed by atoms with Crippen molar-refractivity contribution >= 4 is 21.1 Å². The molecule has 128 valence electrons. The van der Waals surface area contributed by atoms with Gasteiger partial charge in [0.25, 0.3) is 0 Å². The lowest BCUT2D eigenvalue weighted by molar-refractivity contribution is 0.388. The molecule has 7 heteroatoms. The third-order valence-corrected chi connectivity index (χ3v) is 6.46. The van der Waals surface area contributed by atoms with Gasteiger partial charge in [-0.05, 0) is 48.4 Å². The van der Waals surface area contributed by atoms with Gasteiger partial charge >= 0.3 is 0 Å². The molecule has 0 fully saturated rings. The van der Waals surface area contributed by atoms with Crippen molar-refractivity contribution in [2.45, 2.75) is 24.8 Å². The average Bonchev–Trinajstić information content (AvgIpc) is 2.61. The highest BCUT2D eigenvalue weighted by Crippen LogP contribution is 2.27. The Hall–Kier alpha value is -2.38. The van der Waals surface area contributed by atoms with E-state index >= 15 is 0 Å². The third-order valence-electron chi connectivity index (χ3n) is 4.47. The van der Waals surface area contributed by atoms with Gasteiger partial charge in [-0.1, -0.05) is 6.07 Å². The molecule has 0 aliphatic carbocycles. The van der Waals surface area contributed by atoms with Crippen LogP contribution in [0.1, 0.15) is 16.8 Å². The predicted octanol–water partition coefficient (Wildman–Crippen LogP) is 2.82. The summed E-state index contributed by atoms with van der Waals surface area (Å²) in [7, 11) is -3.76. The van der Waals surface area contributed by atoms with E-state index in [0.717, 1.165) is 22.7 Å². The van der Waals surface area contributed by atoms with Crippen molar-refractivity contribution in [2.75, 3.05) is 6.54 Å². The number of sulfonamides is 1. The van der Waals surface area contributed by atoms with Gasteiger partial charge in [0.2, 0.25) is 10.0 Å². The fourth-order valence-corrected chi connectivity index (χ4v) is 4.79. The van der Waals surface area contributed by atoms with Crippen LogP contribution in [0.25, 0.3) is 11.0 Å². The number of hydrogen-bond acceptors (Lipinski definition) is 4. The number of pyridine rings is 2. The first-order valence-corrected chi connectivity index (χ1v) is 9.39. The number of fused-ring (bicyclic) bond motifs is 2. The van der Waals surface area contributed by atoms with Crippen LogP contribution >= 0.6 is 0 Å². The number of halogens is 1. The van der Waals surface area contributed by atoms with Crippen LogP contribution < -0.4 is 0 Å². The molecular formula is C18H16FN3O2S. The SMILES string of the molecule is Cc1ccc(F)cc1S(=O)(=O)N1CCc2nc3ncccc3cc2C1. The second kappa shape index (κ2) is 5.86. The smallest absolute Gasteiger partial charge is 0.237 e. The lowest BCUT2D eigenvalue weighted by atomic mass is 10.1. The maximum absolute atomic E-state index is 13.6. The maximum Gasteiger partial charge on any atom is 0.243 e. The van der Waals surface area contributed by atoms with E-state index in [1.807, 2.05) is 18.2 Å². The highest BCUT2D eigenvalue weighted by atomic mass is 32.2. The highest BCUT2D eigenvalue weighted by molar-refractivity contribution is 7.89. The van der Waals surface area contributed by atoms with Crippen molar-refractivity contribution in [2.24, 2.45) is 0 Å². The van der Waals surface area contributed by atoms with E-state index < -0.39 is 15.8 Å². The fraction of sp³-hybridized carbons (Fsp3) is 0.222. The van der Waals surface area contributed by atoms with Crippen molar-refractivity contribution in [3.8, 4) is 0 Å². The van der Waals surface area contributed by atoms with Crippen molar-refractivity contribution in [3.05, 3.63) is 65.2 Å². The first kappa shape index (κ1) is 16.1. The van der Waals surface area contributed by atoms with Gasteiger partial charge in [-0.15, -0.1) is 0 Å². The molecule has 1 aliphatic rings. The van der Waals surface area contributed by atoms with Gasteiger partial charge in [0.15, 0.2) is 5.65 Å². The Kier molecular flexibility index (Phi) is 3.77. The molecule has 0 saturated heterocycles. The first-order chi connectivity index (χ1) is 11.9. The van der Waals surface area contributed by atoms with Crippen LogP contribution in [0.15, 0.2) is 47.5 Å². The van der Waals surface area contributed by atoms with Gasteiger partial charge in [-0.3, -0.25) is 0 Å². The molecule has 1 aromatic carbocycles. The molecule has 0 radical (unpaired) electrons. The van der Waals surface area contributed by atoms with E-state index in [-0.39, 0.29) is 11.4 Å².